The number of piperazine rings is 1. The highest BCUT2D eigenvalue weighted by atomic mass is 16.6. The molecular weight excluding hydrogens is 362 g/mol. The minimum atomic E-state index is -0.451. The molecular formula is C18H17N7O3. The van der Waals surface area contributed by atoms with Crippen LogP contribution in [0.4, 0.5) is 22.7 Å². The van der Waals surface area contributed by atoms with Crippen molar-refractivity contribution in [2.45, 2.75) is 0 Å². The number of nitriles is 1. The molecule has 10 nitrogen and oxygen atoms in total. The van der Waals surface area contributed by atoms with Gasteiger partial charge in [0.05, 0.1) is 21.9 Å². The molecule has 1 aliphatic heterocycles. The van der Waals surface area contributed by atoms with E-state index in [1.807, 2.05) is 11.9 Å². The average Bonchev–Trinajstić information content (AvgIpc) is 3.18. The van der Waals surface area contributed by atoms with Crippen molar-refractivity contribution in [3.63, 3.8) is 0 Å². The predicted molar refractivity (Wildman–Crippen MR) is 103 cm³/mol. The summed E-state index contributed by atoms with van der Waals surface area (Å²) in [6, 6.07) is 10.8. The predicted octanol–water partition coefficient (Wildman–Crippen LogP) is 2.50. The number of nitro benzene ring substituents is 1. The number of fused-ring (bicyclic) bond motifs is 1. The zero-order valence-electron chi connectivity index (χ0n) is 15.1. The van der Waals surface area contributed by atoms with Crippen LogP contribution >= 0.6 is 0 Å². The fourth-order valence-corrected chi connectivity index (χ4v) is 3.31. The van der Waals surface area contributed by atoms with Gasteiger partial charge in [0.25, 0.3) is 0 Å². The number of nitro groups is 1. The van der Waals surface area contributed by atoms with Crippen molar-refractivity contribution in [2.24, 2.45) is 0 Å². The summed E-state index contributed by atoms with van der Waals surface area (Å²) in [6.07, 6.45) is 0. The number of rotatable bonds is 4. The van der Waals surface area contributed by atoms with Gasteiger partial charge in [-0.1, -0.05) is 12.1 Å². The third-order valence-corrected chi connectivity index (χ3v) is 4.84. The van der Waals surface area contributed by atoms with E-state index in [0.29, 0.717) is 35.7 Å². The van der Waals surface area contributed by atoms with Crippen LogP contribution in [0.2, 0.25) is 0 Å². The van der Waals surface area contributed by atoms with Crippen LogP contribution in [0.5, 0.6) is 0 Å². The Morgan fingerprint density at radius 1 is 1.18 bits per heavy atom. The number of aromatic nitrogens is 2. The lowest BCUT2D eigenvalue weighted by Crippen LogP contribution is -2.44. The molecule has 28 heavy (non-hydrogen) atoms. The number of hydrogen-bond acceptors (Lipinski definition) is 9. The number of hydrogen-bond donors (Lipinski definition) is 1. The van der Waals surface area contributed by atoms with Crippen LogP contribution < -0.4 is 10.2 Å². The zero-order valence-corrected chi connectivity index (χ0v) is 15.1. The minimum absolute atomic E-state index is 0.0818. The van der Waals surface area contributed by atoms with E-state index in [-0.39, 0.29) is 16.7 Å². The Morgan fingerprint density at radius 3 is 2.61 bits per heavy atom. The molecule has 0 unspecified atom stereocenters. The molecule has 0 radical (unpaired) electrons. The molecule has 1 saturated heterocycles. The van der Waals surface area contributed by atoms with Crippen LogP contribution in [-0.2, 0) is 0 Å². The van der Waals surface area contributed by atoms with E-state index in [2.05, 4.69) is 26.6 Å². The van der Waals surface area contributed by atoms with Crippen molar-refractivity contribution in [2.75, 3.05) is 43.4 Å². The first kappa shape index (κ1) is 17.7. The lowest BCUT2D eigenvalue weighted by molar-refractivity contribution is -0.382. The maximum atomic E-state index is 11.8. The quantitative estimate of drug-likeness (QED) is 0.537. The molecule has 1 aliphatic rings. The van der Waals surface area contributed by atoms with Gasteiger partial charge in [-0.15, -0.1) is 0 Å². The highest BCUT2D eigenvalue weighted by Gasteiger charge is 2.30. The van der Waals surface area contributed by atoms with E-state index in [4.69, 9.17) is 4.63 Å². The Hall–Kier alpha value is -3.71. The summed E-state index contributed by atoms with van der Waals surface area (Å²) in [7, 11) is 2.02. The van der Waals surface area contributed by atoms with Crippen molar-refractivity contribution in [3.05, 3.63) is 46.0 Å². The van der Waals surface area contributed by atoms with Crippen molar-refractivity contribution >= 4 is 33.8 Å². The molecule has 10 heteroatoms. The Balaban J connectivity index is 1.85. The second-order valence-electron chi connectivity index (χ2n) is 6.58. The molecule has 0 amide bonds. The van der Waals surface area contributed by atoms with Crippen LogP contribution in [0.25, 0.3) is 11.0 Å². The summed E-state index contributed by atoms with van der Waals surface area (Å²) >= 11 is 0. The van der Waals surface area contributed by atoms with Gasteiger partial charge in [0, 0.05) is 26.2 Å². The number of likely N-dealkylation sites (N-methyl/N-ethyl adjacent to an activating group) is 1. The molecule has 0 bridgehead atoms. The zero-order chi connectivity index (χ0) is 19.7. The molecule has 4 rings (SSSR count). The van der Waals surface area contributed by atoms with Crippen LogP contribution in [0.15, 0.2) is 35.0 Å². The van der Waals surface area contributed by atoms with E-state index >= 15 is 0 Å². The summed E-state index contributed by atoms with van der Waals surface area (Å²) in [5.74, 6) is 0. The van der Waals surface area contributed by atoms with E-state index in [1.165, 1.54) is 0 Å². The second kappa shape index (κ2) is 7.13. The number of benzene rings is 2. The van der Waals surface area contributed by atoms with Gasteiger partial charge >= 0.3 is 5.69 Å². The van der Waals surface area contributed by atoms with Crippen LogP contribution in [-0.4, -0.2) is 53.4 Å². The van der Waals surface area contributed by atoms with E-state index in [1.54, 1.807) is 30.3 Å². The normalized spacial score (nSPS) is 14.8. The van der Waals surface area contributed by atoms with Gasteiger partial charge in [-0.3, -0.25) is 10.1 Å². The third-order valence-electron chi connectivity index (χ3n) is 4.84. The number of para-hydroxylation sites is 1. The lowest BCUT2D eigenvalue weighted by Gasteiger charge is -2.33. The SMILES string of the molecule is CN1CCN(c2cc(Nc3ccccc3C#N)c3nonc3c2[N+](=O)[O-])CC1. The Labute approximate surface area is 160 Å². The first-order chi connectivity index (χ1) is 13.6. The minimum Gasteiger partial charge on any atom is -0.363 e. The summed E-state index contributed by atoms with van der Waals surface area (Å²) in [4.78, 5) is 15.5. The Bertz CT molecular complexity index is 1080. The molecule has 1 aromatic heterocycles. The van der Waals surface area contributed by atoms with E-state index < -0.39 is 4.92 Å². The molecule has 0 spiro atoms. The molecule has 0 aliphatic carbocycles. The maximum Gasteiger partial charge on any atom is 0.323 e. The van der Waals surface area contributed by atoms with Gasteiger partial charge in [-0.25, -0.2) is 4.63 Å². The van der Waals surface area contributed by atoms with Gasteiger partial charge in [0.2, 0.25) is 5.52 Å². The van der Waals surface area contributed by atoms with E-state index in [0.717, 1.165) is 13.1 Å². The smallest absolute Gasteiger partial charge is 0.323 e. The molecule has 0 saturated carbocycles. The third kappa shape index (κ3) is 3.08. The molecule has 2 aromatic carbocycles. The summed E-state index contributed by atoms with van der Waals surface area (Å²) in [5.41, 5.74) is 2.19. The maximum absolute atomic E-state index is 11.8. The van der Waals surface area contributed by atoms with Crippen LogP contribution in [0, 0.1) is 21.4 Å². The van der Waals surface area contributed by atoms with Gasteiger partial charge < -0.3 is 15.1 Å². The molecule has 3 aromatic rings. The van der Waals surface area contributed by atoms with E-state index in [9.17, 15) is 15.4 Å². The van der Waals surface area contributed by atoms with Gasteiger partial charge in [-0.05, 0) is 35.6 Å². The van der Waals surface area contributed by atoms with Gasteiger partial charge in [0.15, 0.2) is 5.52 Å². The first-order valence-corrected chi connectivity index (χ1v) is 8.72. The first-order valence-electron chi connectivity index (χ1n) is 8.72. The Morgan fingerprint density at radius 2 is 1.89 bits per heavy atom. The van der Waals surface area contributed by atoms with Crippen LogP contribution in [0.3, 0.4) is 0 Å². The molecule has 0 atom stereocenters. The van der Waals surface area contributed by atoms with Crippen molar-refractivity contribution in [3.8, 4) is 6.07 Å². The molecule has 1 N–H and O–H groups in total. The Kier molecular flexibility index (Phi) is 4.50. The number of nitrogens with zero attached hydrogens (tertiary/aromatic N) is 6. The summed E-state index contributed by atoms with van der Waals surface area (Å²) in [5, 5.41) is 31.9. The van der Waals surface area contributed by atoms with Crippen molar-refractivity contribution < 1.29 is 9.55 Å². The highest BCUT2D eigenvalue weighted by molar-refractivity contribution is 6.01. The van der Waals surface area contributed by atoms with Crippen molar-refractivity contribution in [1.29, 1.82) is 5.26 Å². The van der Waals surface area contributed by atoms with Gasteiger partial charge in [-0.2, -0.15) is 5.26 Å². The molecule has 1 fully saturated rings. The van der Waals surface area contributed by atoms with Gasteiger partial charge in [0.1, 0.15) is 11.8 Å². The lowest BCUT2D eigenvalue weighted by atomic mass is 10.1. The van der Waals surface area contributed by atoms with Crippen LogP contribution in [0.1, 0.15) is 5.56 Å². The topological polar surface area (TPSA) is 124 Å². The summed E-state index contributed by atoms with van der Waals surface area (Å²) in [6.45, 7) is 2.91. The monoisotopic (exact) mass is 379 g/mol. The second-order valence-corrected chi connectivity index (χ2v) is 6.58. The van der Waals surface area contributed by atoms with Crippen molar-refractivity contribution in [1.82, 2.24) is 15.2 Å². The average molecular weight is 379 g/mol. The fourth-order valence-electron chi connectivity index (χ4n) is 3.31. The number of nitrogens with one attached hydrogen (secondary N) is 1. The fraction of sp³-hybridized carbons (Fsp3) is 0.278. The standard InChI is InChI=1S/C18H17N7O3/c1-23-6-8-24(9-7-23)15-10-14(20-13-5-3-2-4-12(13)11-19)16-17(22-28-21-16)18(15)25(26)27/h2-5,10,20H,6-9H2,1H3. The highest BCUT2D eigenvalue weighted by Crippen LogP contribution is 2.40. The molecule has 142 valence electrons. The largest absolute Gasteiger partial charge is 0.363 e. The molecule has 2 heterocycles. The number of anilines is 3. The summed E-state index contributed by atoms with van der Waals surface area (Å²) < 4.78 is 4.81.